The molecule has 6 heteroatoms. The molecular weight excluding hydrogens is 348 g/mol. The monoisotopic (exact) mass is 362 g/mol. The largest absolute Gasteiger partial charge is 0.396 e. The number of benzene rings is 1. The van der Waals surface area contributed by atoms with Crippen molar-refractivity contribution < 1.29 is 0 Å². The highest BCUT2D eigenvalue weighted by Crippen LogP contribution is 2.30. The number of hydrogen-bond donors (Lipinski definition) is 2. The maximum Gasteiger partial charge on any atom is 0.0897 e. The summed E-state index contributed by atoms with van der Waals surface area (Å²) in [5, 5.41) is 7.65. The number of fused-ring (bicyclic) bond motifs is 1. The first-order chi connectivity index (χ1) is 10.1. The van der Waals surface area contributed by atoms with Gasteiger partial charge >= 0.3 is 0 Å². The number of thiazole rings is 1. The minimum atomic E-state index is 0.662. The maximum absolute atomic E-state index is 6.07. The number of aromatic nitrogens is 2. The van der Waals surface area contributed by atoms with Crippen LogP contribution in [0.5, 0.6) is 0 Å². The van der Waals surface area contributed by atoms with Gasteiger partial charge in [0.05, 0.1) is 33.8 Å². The summed E-state index contributed by atoms with van der Waals surface area (Å²) < 4.78 is 1.01. The molecular formula is C15H15BrN4S. The van der Waals surface area contributed by atoms with E-state index < -0.39 is 0 Å². The lowest BCUT2D eigenvalue weighted by molar-refractivity contribution is 0.970. The van der Waals surface area contributed by atoms with Gasteiger partial charge in [0.15, 0.2) is 0 Å². The van der Waals surface area contributed by atoms with E-state index >= 15 is 0 Å². The number of anilines is 2. The van der Waals surface area contributed by atoms with E-state index in [1.54, 1.807) is 17.5 Å². The summed E-state index contributed by atoms with van der Waals surface area (Å²) in [6.07, 6.45) is 2.58. The van der Waals surface area contributed by atoms with Crippen LogP contribution in [-0.2, 0) is 6.42 Å². The normalized spacial score (nSPS) is 11.0. The zero-order valence-electron chi connectivity index (χ0n) is 11.6. The van der Waals surface area contributed by atoms with Gasteiger partial charge in [0.25, 0.3) is 0 Å². The minimum absolute atomic E-state index is 0.662. The molecule has 0 aliphatic rings. The molecule has 0 aliphatic carbocycles. The Labute approximate surface area is 135 Å². The number of pyridine rings is 1. The molecule has 4 nitrogen and oxygen atoms in total. The molecule has 0 atom stereocenters. The molecule has 21 heavy (non-hydrogen) atoms. The Morgan fingerprint density at radius 1 is 1.38 bits per heavy atom. The smallest absolute Gasteiger partial charge is 0.0897 e. The third-order valence-electron chi connectivity index (χ3n) is 3.21. The first kappa shape index (κ1) is 14.3. The zero-order valence-corrected chi connectivity index (χ0v) is 14.0. The van der Waals surface area contributed by atoms with Gasteiger partial charge < -0.3 is 11.1 Å². The first-order valence-corrected chi connectivity index (χ1v) is 8.29. The van der Waals surface area contributed by atoms with Crippen molar-refractivity contribution in [3.8, 4) is 0 Å². The quantitative estimate of drug-likeness (QED) is 0.736. The Morgan fingerprint density at radius 3 is 3.00 bits per heavy atom. The SMILES string of the molecule is Cc1nc(CCNc2c(N)cnc3ccc(Br)cc23)cs1. The molecule has 0 saturated carbocycles. The molecule has 2 heterocycles. The van der Waals surface area contributed by atoms with E-state index in [1.165, 1.54) is 0 Å². The average molecular weight is 363 g/mol. The number of nitrogen functional groups attached to an aromatic ring is 1. The molecule has 0 fully saturated rings. The second kappa shape index (κ2) is 5.99. The second-order valence-corrected chi connectivity index (χ2v) is 6.76. The first-order valence-electron chi connectivity index (χ1n) is 6.62. The van der Waals surface area contributed by atoms with Gasteiger partial charge in [-0.2, -0.15) is 0 Å². The number of aryl methyl sites for hydroxylation is 1. The fourth-order valence-corrected chi connectivity index (χ4v) is 3.22. The zero-order chi connectivity index (χ0) is 14.8. The highest BCUT2D eigenvalue weighted by Gasteiger charge is 2.07. The van der Waals surface area contributed by atoms with Crippen LogP contribution in [0.3, 0.4) is 0 Å². The fourth-order valence-electron chi connectivity index (χ4n) is 2.22. The van der Waals surface area contributed by atoms with Crippen LogP contribution >= 0.6 is 27.3 Å². The average Bonchev–Trinajstić information content (AvgIpc) is 2.87. The number of nitrogens with one attached hydrogen (secondary N) is 1. The van der Waals surface area contributed by atoms with Gasteiger partial charge in [0, 0.05) is 28.2 Å². The van der Waals surface area contributed by atoms with E-state index in [2.05, 4.69) is 36.6 Å². The van der Waals surface area contributed by atoms with Crippen LogP contribution in [0.25, 0.3) is 10.9 Å². The minimum Gasteiger partial charge on any atom is -0.396 e. The molecule has 0 bridgehead atoms. The Balaban J connectivity index is 1.82. The van der Waals surface area contributed by atoms with E-state index in [0.29, 0.717) is 5.69 Å². The molecule has 0 spiro atoms. The number of nitrogens with zero attached hydrogens (tertiary/aromatic N) is 2. The predicted octanol–water partition coefficient (Wildman–Crippen LogP) is 4.00. The van der Waals surface area contributed by atoms with Crippen molar-refractivity contribution in [1.82, 2.24) is 9.97 Å². The highest BCUT2D eigenvalue weighted by molar-refractivity contribution is 9.10. The Morgan fingerprint density at radius 2 is 2.24 bits per heavy atom. The van der Waals surface area contributed by atoms with Crippen molar-refractivity contribution >= 4 is 49.5 Å². The molecule has 0 amide bonds. The lowest BCUT2D eigenvalue weighted by atomic mass is 10.1. The van der Waals surface area contributed by atoms with Gasteiger partial charge in [-0.05, 0) is 25.1 Å². The molecule has 108 valence electrons. The van der Waals surface area contributed by atoms with E-state index in [-0.39, 0.29) is 0 Å². The number of halogens is 1. The van der Waals surface area contributed by atoms with E-state index in [1.807, 2.05) is 25.1 Å². The molecule has 3 N–H and O–H groups in total. The Hall–Kier alpha value is -1.66. The summed E-state index contributed by atoms with van der Waals surface area (Å²) in [6.45, 7) is 2.81. The van der Waals surface area contributed by atoms with Crippen molar-refractivity contribution in [3.05, 3.63) is 45.0 Å². The molecule has 3 rings (SSSR count). The molecule has 0 radical (unpaired) electrons. The molecule has 0 saturated heterocycles. The molecule has 2 aromatic heterocycles. The van der Waals surface area contributed by atoms with Crippen molar-refractivity contribution in [2.45, 2.75) is 13.3 Å². The fraction of sp³-hybridized carbons (Fsp3) is 0.200. The number of rotatable bonds is 4. The topological polar surface area (TPSA) is 63.8 Å². The molecule has 1 aromatic carbocycles. The lowest BCUT2D eigenvalue weighted by Crippen LogP contribution is -2.08. The summed E-state index contributed by atoms with van der Waals surface area (Å²) in [6, 6.07) is 6.00. The van der Waals surface area contributed by atoms with Gasteiger partial charge in [-0.15, -0.1) is 11.3 Å². The highest BCUT2D eigenvalue weighted by atomic mass is 79.9. The van der Waals surface area contributed by atoms with Crippen LogP contribution in [-0.4, -0.2) is 16.5 Å². The summed E-state index contributed by atoms with van der Waals surface area (Å²) >= 11 is 5.17. The third-order valence-corrected chi connectivity index (χ3v) is 4.52. The molecule has 0 aliphatic heterocycles. The number of hydrogen-bond acceptors (Lipinski definition) is 5. The van der Waals surface area contributed by atoms with E-state index in [9.17, 15) is 0 Å². The van der Waals surface area contributed by atoms with Crippen LogP contribution in [0.1, 0.15) is 10.7 Å². The van der Waals surface area contributed by atoms with Crippen molar-refractivity contribution in [1.29, 1.82) is 0 Å². The van der Waals surface area contributed by atoms with Gasteiger partial charge in [0.2, 0.25) is 0 Å². The van der Waals surface area contributed by atoms with Crippen LogP contribution < -0.4 is 11.1 Å². The van der Waals surface area contributed by atoms with Crippen molar-refractivity contribution in [2.24, 2.45) is 0 Å². The predicted molar refractivity (Wildman–Crippen MR) is 92.9 cm³/mol. The summed E-state index contributed by atoms with van der Waals surface area (Å²) in [7, 11) is 0. The van der Waals surface area contributed by atoms with E-state index in [4.69, 9.17) is 5.73 Å². The van der Waals surface area contributed by atoms with Crippen molar-refractivity contribution in [2.75, 3.05) is 17.6 Å². The standard InChI is InChI=1S/C15H15BrN4S/c1-9-20-11(8-21-9)4-5-18-15-12-6-10(16)2-3-14(12)19-7-13(15)17/h2-3,6-8H,4-5,17H2,1H3,(H,18,19). The van der Waals surface area contributed by atoms with Gasteiger partial charge in [-0.1, -0.05) is 15.9 Å². The van der Waals surface area contributed by atoms with Crippen LogP contribution in [0.4, 0.5) is 11.4 Å². The summed E-state index contributed by atoms with van der Waals surface area (Å²) in [4.78, 5) is 8.82. The van der Waals surface area contributed by atoms with E-state index in [0.717, 1.165) is 44.7 Å². The maximum atomic E-state index is 6.07. The summed E-state index contributed by atoms with van der Waals surface area (Å²) in [5.74, 6) is 0. The van der Waals surface area contributed by atoms with Crippen molar-refractivity contribution in [3.63, 3.8) is 0 Å². The second-order valence-electron chi connectivity index (χ2n) is 4.78. The van der Waals surface area contributed by atoms with Crippen LogP contribution in [0.15, 0.2) is 34.2 Å². The lowest BCUT2D eigenvalue weighted by Gasteiger charge is -2.12. The third kappa shape index (κ3) is 3.16. The van der Waals surface area contributed by atoms with Gasteiger partial charge in [0.1, 0.15) is 0 Å². The summed E-state index contributed by atoms with van der Waals surface area (Å²) in [5.41, 5.74) is 9.71. The van der Waals surface area contributed by atoms with Gasteiger partial charge in [-0.25, -0.2) is 4.98 Å². The Bertz CT molecular complexity index is 779. The molecule has 3 aromatic rings. The van der Waals surface area contributed by atoms with Crippen LogP contribution in [0.2, 0.25) is 0 Å². The Kier molecular flexibility index (Phi) is 4.07. The molecule has 0 unspecified atom stereocenters. The number of nitrogens with two attached hydrogens (primary N) is 1. The van der Waals surface area contributed by atoms with Crippen LogP contribution in [0, 0.1) is 6.92 Å². The van der Waals surface area contributed by atoms with Gasteiger partial charge in [-0.3, -0.25) is 4.98 Å².